The number of aliphatic hydroxyl groups is 1. The van der Waals surface area contributed by atoms with E-state index < -0.39 is 55.2 Å². The van der Waals surface area contributed by atoms with Crippen LogP contribution in [0.2, 0.25) is 0 Å². The van der Waals surface area contributed by atoms with Gasteiger partial charge in [0.25, 0.3) is 0 Å². The Labute approximate surface area is 172 Å². The van der Waals surface area contributed by atoms with Crippen molar-refractivity contribution in [2.45, 2.75) is 96.9 Å². The smallest absolute Gasteiger partial charge is 0.303 e. The van der Waals surface area contributed by atoms with Gasteiger partial charge < -0.3 is 28.8 Å². The molecule has 0 radical (unpaired) electrons. The maximum atomic E-state index is 11.6. The number of unbranched alkanes of at least 4 members (excludes halogenated alkanes) is 5. The quantitative estimate of drug-likeness (QED) is 0.288. The standard InChI is InChI=1S/C20H34O9/c1-5-6-7-8-9-10-11-25-20-19(28-15(4)24)18(27-14(3)23)17(26-13(2)22)16(12-21)29-20/h16-21H,5-12H2,1-4H3/t16-,17+,18+,19-,20-/m1/s1. The second kappa shape index (κ2) is 13.5. The maximum Gasteiger partial charge on any atom is 0.303 e. The minimum Gasteiger partial charge on any atom is -0.456 e. The first kappa shape index (κ1) is 25.3. The first-order valence-electron chi connectivity index (χ1n) is 10.2. The Morgan fingerprint density at radius 1 is 0.793 bits per heavy atom. The third-order valence-electron chi connectivity index (χ3n) is 4.46. The Morgan fingerprint density at radius 2 is 1.31 bits per heavy atom. The number of aliphatic hydroxyl groups excluding tert-OH is 1. The molecule has 9 nitrogen and oxygen atoms in total. The molecule has 0 unspecified atom stereocenters. The average Bonchev–Trinajstić information content (AvgIpc) is 2.63. The van der Waals surface area contributed by atoms with E-state index in [0.717, 1.165) is 25.7 Å². The van der Waals surface area contributed by atoms with Crippen LogP contribution in [0.3, 0.4) is 0 Å². The monoisotopic (exact) mass is 418 g/mol. The van der Waals surface area contributed by atoms with Gasteiger partial charge in [0.05, 0.1) is 6.61 Å². The Balaban J connectivity index is 2.87. The van der Waals surface area contributed by atoms with Crippen molar-refractivity contribution in [2.24, 2.45) is 0 Å². The number of esters is 3. The molecule has 1 fully saturated rings. The van der Waals surface area contributed by atoms with E-state index in [-0.39, 0.29) is 0 Å². The maximum absolute atomic E-state index is 11.6. The van der Waals surface area contributed by atoms with Crippen molar-refractivity contribution < 1.29 is 43.2 Å². The van der Waals surface area contributed by atoms with Gasteiger partial charge in [-0.2, -0.15) is 0 Å². The molecule has 0 aromatic carbocycles. The first-order valence-corrected chi connectivity index (χ1v) is 10.2. The molecule has 0 aromatic heterocycles. The molecular formula is C20H34O9. The van der Waals surface area contributed by atoms with E-state index in [1.807, 2.05) is 0 Å². The van der Waals surface area contributed by atoms with Crippen molar-refractivity contribution in [1.82, 2.24) is 0 Å². The summed E-state index contributed by atoms with van der Waals surface area (Å²) >= 11 is 0. The number of carbonyl (C=O) groups excluding carboxylic acids is 3. The van der Waals surface area contributed by atoms with Gasteiger partial charge in [0.2, 0.25) is 0 Å². The summed E-state index contributed by atoms with van der Waals surface area (Å²) in [6, 6.07) is 0. The molecular weight excluding hydrogens is 384 g/mol. The topological polar surface area (TPSA) is 118 Å². The average molecular weight is 418 g/mol. The van der Waals surface area contributed by atoms with E-state index in [9.17, 15) is 19.5 Å². The normalized spacial score (nSPS) is 26.6. The molecule has 1 N–H and O–H groups in total. The molecule has 1 rings (SSSR count). The molecule has 1 heterocycles. The van der Waals surface area contributed by atoms with Gasteiger partial charge in [0.1, 0.15) is 6.10 Å². The molecule has 5 atom stereocenters. The van der Waals surface area contributed by atoms with Crippen LogP contribution in [0.4, 0.5) is 0 Å². The van der Waals surface area contributed by atoms with Crippen LogP contribution in [0.1, 0.15) is 66.2 Å². The van der Waals surface area contributed by atoms with Crippen LogP contribution in [-0.4, -0.2) is 66.9 Å². The van der Waals surface area contributed by atoms with Gasteiger partial charge in [-0.1, -0.05) is 39.0 Å². The molecule has 0 saturated carbocycles. The molecule has 0 amide bonds. The van der Waals surface area contributed by atoms with Crippen LogP contribution in [0.5, 0.6) is 0 Å². The Kier molecular flexibility index (Phi) is 11.8. The second-order valence-electron chi connectivity index (χ2n) is 7.09. The van der Waals surface area contributed by atoms with E-state index >= 15 is 0 Å². The van der Waals surface area contributed by atoms with Crippen LogP contribution in [0.15, 0.2) is 0 Å². The van der Waals surface area contributed by atoms with Crippen LogP contribution >= 0.6 is 0 Å². The fourth-order valence-corrected chi connectivity index (χ4v) is 3.22. The van der Waals surface area contributed by atoms with Gasteiger partial charge >= 0.3 is 17.9 Å². The second-order valence-corrected chi connectivity index (χ2v) is 7.09. The number of rotatable bonds is 12. The number of ether oxygens (including phenoxy) is 5. The lowest BCUT2D eigenvalue weighted by Crippen LogP contribution is -2.62. The number of carbonyl (C=O) groups is 3. The molecule has 1 aliphatic heterocycles. The van der Waals surface area contributed by atoms with Gasteiger partial charge in [-0.25, -0.2) is 0 Å². The predicted molar refractivity (Wildman–Crippen MR) is 102 cm³/mol. The van der Waals surface area contributed by atoms with Crippen molar-refractivity contribution in [3.63, 3.8) is 0 Å². The van der Waals surface area contributed by atoms with Gasteiger partial charge in [-0.05, 0) is 6.42 Å². The van der Waals surface area contributed by atoms with Crippen LogP contribution in [0.25, 0.3) is 0 Å². The first-order chi connectivity index (χ1) is 13.8. The third kappa shape index (κ3) is 9.10. The van der Waals surface area contributed by atoms with Crippen LogP contribution < -0.4 is 0 Å². The SMILES string of the molecule is CCCCCCCCO[C@@H]1O[C@H](CO)[C@H](OC(C)=O)[C@H](OC(C)=O)[C@H]1OC(C)=O. The molecule has 29 heavy (non-hydrogen) atoms. The molecule has 1 saturated heterocycles. The highest BCUT2D eigenvalue weighted by Gasteiger charge is 2.52. The molecule has 1 aliphatic rings. The molecule has 0 aliphatic carbocycles. The summed E-state index contributed by atoms with van der Waals surface area (Å²) in [4.78, 5) is 34.7. The molecule has 0 bridgehead atoms. The van der Waals surface area contributed by atoms with E-state index in [1.54, 1.807) is 0 Å². The number of hydrogen-bond acceptors (Lipinski definition) is 9. The summed E-state index contributed by atoms with van der Waals surface area (Å²) in [7, 11) is 0. The van der Waals surface area contributed by atoms with Crippen LogP contribution in [-0.2, 0) is 38.1 Å². The van der Waals surface area contributed by atoms with Gasteiger partial charge in [-0.3, -0.25) is 14.4 Å². The van der Waals surface area contributed by atoms with E-state index in [0.29, 0.717) is 6.61 Å². The predicted octanol–water partition coefficient (Wildman–Crippen LogP) is 1.88. The van der Waals surface area contributed by atoms with Gasteiger partial charge in [0, 0.05) is 27.4 Å². The zero-order chi connectivity index (χ0) is 21.8. The third-order valence-corrected chi connectivity index (χ3v) is 4.46. The Bertz CT molecular complexity index is 522. The Hall–Kier alpha value is -1.71. The van der Waals surface area contributed by atoms with Crippen molar-refractivity contribution >= 4 is 17.9 Å². The highest BCUT2D eigenvalue weighted by Crippen LogP contribution is 2.29. The highest BCUT2D eigenvalue weighted by atomic mass is 16.7. The summed E-state index contributed by atoms with van der Waals surface area (Å²) in [5.41, 5.74) is 0. The lowest BCUT2D eigenvalue weighted by molar-refractivity contribution is -0.307. The fraction of sp³-hybridized carbons (Fsp3) is 0.850. The Morgan fingerprint density at radius 3 is 1.86 bits per heavy atom. The fourth-order valence-electron chi connectivity index (χ4n) is 3.22. The van der Waals surface area contributed by atoms with Gasteiger partial charge in [-0.15, -0.1) is 0 Å². The minimum absolute atomic E-state index is 0.345. The van der Waals surface area contributed by atoms with E-state index in [2.05, 4.69) is 6.92 Å². The van der Waals surface area contributed by atoms with Crippen molar-refractivity contribution in [1.29, 1.82) is 0 Å². The minimum atomic E-state index is -1.17. The molecule has 168 valence electrons. The summed E-state index contributed by atoms with van der Waals surface area (Å²) in [5, 5.41) is 9.68. The lowest BCUT2D eigenvalue weighted by Gasteiger charge is -2.43. The van der Waals surface area contributed by atoms with Crippen LogP contribution in [0, 0.1) is 0 Å². The molecule has 0 spiro atoms. The van der Waals surface area contributed by atoms with Gasteiger partial charge in [0.15, 0.2) is 24.6 Å². The van der Waals surface area contributed by atoms with E-state index in [1.165, 1.54) is 33.6 Å². The zero-order valence-corrected chi connectivity index (χ0v) is 17.8. The molecule has 0 aromatic rings. The van der Waals surface area contributed by atoms with Crippen molar-refractivity contribution in [3.8, 4) is 0 Å². The van der Waals surface area contributed by atoms with E-state index in [4.69, 9.17) is 23.7 Å². The van der Waals surface area contributed by atoms with Crippen molar-refractivity contribution in [3.05, 3.63) is 0 Å². The molecule has 9 heteroatoms. The largest absolute Gasteiger partial charge is 0.456 e. The zero-order valence-electron chi connectivity index (χ0n) is 17.8. The summed E-state index contributed by atoms with van der Waals surface area (Å²) in [5.74, 6) is -1.94. The highest BCUT2D eigenvalue weighted by molar-refractivity contribution is 5.68. The van der Waals surface area contributed by atoms with Crippen molar-refractivity contribution in [2.75, 3.05) is 13.2 Å². The summed E-state index contributed by atoms with van der Waals surface area (Å²) in [6.45, 7) is 5.57. The summed E-state index contributed by atoms with van der Waals surface area (Å²) < 4.78 is 27.2. The lowest BCUT2D eigenvalue weighted by atomic mass is 9.98. The number of hydrogen-bond donors (Lipinski definition) is 1. The summed E-state index contributed by atoms with van der Waals surface area (Å²) in [6.07, 6.45) is 0.888.